The molecular formula is C8H14ClN3O3S. The molecule has 0 bridgehead atoms. The molecule has 1 aromatic heterocycles. The van der Waals surface area contributed by atoms with Crippen molar-refractivity contribution < 1.29 is 8.42 Å². The lowest BCUT2D eigenvalue weighted by molar-refractivity contribution is 0.543. The summed E-state index contributed by atoms with van der Waals surface area (Å²) in [7, 11) is 1.47. The summed E-state index contributed by atoms with van der Waals surface area (Å²) in [5.74, 6) is 0.259. The first-order valence-electron chi connectivity index (χ1n) is 4.80. The Balaban J connectivity index is 3.01. The highest BCUT2D eigenvalue weighted by Gasteiger charge is 2.14. The SMILES string of the molecule is Cc1nn(CCS(=O)(=O)Cl)c(=O)n1C(C)C. The Morgan fingerprint density at radius 1 is 1.44 bits per heavy atom. The lowest BCUT2D eigenvalue weighted by Gasteiger charge is -2.04. The molecule has 0 aliphatic carbocycles. The van der Waals surface area contributed by atoms with Gasteiger partial charge in [0.15, 0.2) is 0 Å². The Bertz CT molecular complexity index is 529. The van der Waals surface area contributed by atoms with Gasteiger partial charge in [0, 0.05) is 16.7 Å². The number of halogens is 1. The van der Waals surface area contributed by atoms with E-state index in [0.29, 0.717) is 5.82 Å². The van der Waals surface area contributed by atoms with Crippen LogP contribution in [0.25, 0.3) is 0 Å². The minimum atomic E-state index is -3.60. The van der Waals surface area contributed by atoms with Crippen LogP contribution in [0, 0.1) is 6.92 Å². The minimum Gasteiger partial charge on any atom is -0.277 e. The quantitative estimate of drug-likeness (QED) is 0.745. The summed E-state index contributed by atoms with van der Waals surface area (Å²) in [4.78, 5) is 11.8. The van der Waals surface area contributed by atoms with Crippen molar-refractivity contribution in [1.82, 2.24) is 14.3 Å². The zero-order valence-corrected chi connectivity index (χ0v) is 10.9. The van der Waals surface area contributed by atoms with Gasteiger partial charge in [-0.2, -0.15) is 5.10 Å². The van der Waals surface area contributed by atoms with Gasteiger partial charge in [-0.1, -0.05) is 0 Å². The Kier molecular flexibility index (Phi) is 3.80. The lowest BCUT2D eigenvalue weighted by atomic mass is 10.4. The molecule has 92 valence electrons. The van der Waals surface area contributed by atoms with Crippen molar-refractivity contribution in [2.24, 2.45) is 0 Å². The van der Waals surface area contributed by atoms with Crippen LogP contribution < -0.4 is 5.69 Å². The summed E-state index contributed by atoms with van der Waals surface area (Å²) in [5, 5.41) is 3.98. The summed E-state index contributed by atoms with van der Waals surface area (Å²) >= 11 is 0. The van der Waals surface area contributed by atoms with Gasteiger partial charge in [0.2, 0.25) is 9.05 Å². The van der Waals surface area contributed by atoms with Gasteiger partial charge in [-0.05, 0) is 20.8 Å². The number of nitrogens with zero attached hydrogens (tertiary/aromatic N) is 3. The van der Waals surface area contributed by atoms with Gasteiger partial charge in [0.25, 0.3) is 0 Å². The zero-order chi connectivity index (χ0) is 12.5. The fourth-order valence-corrected chi connectivity index (χ4v) is 2.06. The summed E-state index contributed by atoms with van der Waals surface area (Å²) in [5.41, 5.74) is -0.312. The second-order valence-corrected chi connectivity index (χ2v) is 6.66. The average molecular weight is 268 g/mol. The Morgan fingerprint density at radius 3 is 2.38 bits per heavy atom. The van der Waals surface area contributed by atoms with Gasteiger partial charge in [-0.25, -0.2) is 17.9 Å². The maximum absolute atomic E-state index is 11.8. The van der Waals surface area contributed by atoms with E-state index in [1.54, 1.807) is 6.92 Å². The summed E-state index contributed by atoms with van der Waals surface area (Å²) in [6.07, 6.45) is 0. The van der Waals surface area contributed by atoms with Crippen LogP contribution in [0.2, 0.25) is 0 Å². The molecule has 0 aliphatic heterocycles. The maximum Gasteiger partial charge on any atom is 0.346 e. The van der Waals surface area contributed by atoms with Crippen molar-refractivity contribution in [3.05, 3.63) is 16.3 Å². The number of rotatable bonds is 4. The van der Waals surface area contributed by atoms with Gasteiger partial charge in [-0.15, -0.1) is 0 Å². The summed E-state index contributed by atoms with van der Waals surface area (Å²) in [6, 6.07) is -0.00569. The lowest BCUT2D eigenvalue weighted by Crippen LogP contribution is -2.28. The van der Waals surface area contributed by atoms with Gasteiger partial charge in [-0.3, -0.25) is 4.57 Å². The van der Waals surface area contributed by atoms with E-state index in [-0.39, 0.29) is 24.0 Å². The zero-order valence-electron chi connectivity index (χ0n) is 9.34. The van der Waals surface area contributed by atoms with Crippen LogP contribution in [0.4, 0.5) is 0 Å². The van der Waals surface area contributed by atoms with E-state index in [2.05, 4.69) is 5.10 Å². The second-order valence-electron chi connectivity index (χ2n) is 3.76. The Morgan fingerprint density at radius 2 is 2.00 bits per heavy atom. The largest absolute Gasteiger partial charge is 0.346 e. The smallest absolute Gasteiger partial charge is 0.277 e. The second kappa shape index (κ2) is 4.58. The van der Waals surface area contributed by atoms with Crippen LogP contribution in [0.5, 0.6) is 0 Å². The first-order chi connectivity index (χ1) is 7.22. The highest BCUT2D eigenvalue weighted by Crippen LogP contribution is 2.03. The third-order valence-corrected chi connectivity index (χ3v) is 3.24. The minimum absolute atomic E-state index is 0.00569. The van der Waals surface area contributed by atoms with Gasteiger partial charge >= 0.3 is 5.69 Å². The topological polar surface area (TPSA) is 74.0 Å². The molecule has 0 saturated heterocycles. The molecule has 0 aliphatic rings. The number of aromatic nitrogens is 3. The molecule has 0 N–H and O–H groups in total. The van der Waals surface area contributed by atoms with Crippen LogP contribution in [0.15, 0.2) is 4.79 Å². The van der Waals surface area contributed by atoms with E-state index in [1.165, 1.54) is 4.57 Å². The molecule has 1 heterocycles. The molecule has 8 heteroatoms. The maximum atomic E-state index is 11.8. The molecule has 16 heavy (non-hydrogen) atoms. The summed E-state index contributed by atoms with van der Waals surface area (Å²) < 4.78 is 24.1. The van der Waals surface area contributed by atoms with Crippen LogP contribution in [-0.4, -0.2) is 28.5 Å². The van der Waals surface area contributed by atoms with Crippen molar-refractivity contribution in [2.75, 3.05) is 5.75 Å². The van der Waals surface area contributed by atoms with Crippen molar-refractivity contribution in [3.8, 4) is 0 Å². The van der Waals surface area contributed by atoms with E-state index in [4.69, 9.17) is 10.7 Å². The van der Waals surface area contributed by atoms with E-state index in [9.17, 15) is 13.2 Å². The van der Waals surface area contributed by atoms with Crippen molar-refractivity contribution in [1.29, 1.82) is 0 Å². The van der Waals surface area contributed by atoms with Crippen LogP contribution in [-0.2, 0) is 15.6 Å². The monoisotopic (exact) mass is 267 g/mol. The van der Waals surface area contributed by atoms with Gasteiger partial charge < -0.3 is 0 Å². The van der Waals surface area contributed by atoms with Crippen molar-refractivity contribution >= 4 is 19.7 Å². The van der Waals surface area contributed by atoms with Gasteiger partial charge in [0.1, 0.15) is 5.82 Å². The predicted molar refractivity (Wildman–Crippen MR) is 61.2 cm³/mol. The van der Waals surface area contributed by atoms with E-state index >= 15 is 0 Å². The predicted octanol–water partition coefficient (Wildman–Crippen LogP) is 0.503. The first-order valence-corrected chi connectivity index (χ1v) is 7.28. The highest BCUT2D eigenvalue weighted by atomic mass is 35.7. The average Bonchev–Trinajstić information content (AvgIpc) is 2.36. The summed E-state index contributed by atoms with van der Waals surface area (Å²) in [6.45, 7) is 5.40. The van der Waals surface area contributed by atoms with Crippen LogP contribution in [0.3, 0.4) is 0 Å². The molecule has 0 atom stereocenters. The molecule has 0 fully saturated rings. The van der Waals surface area contributed by atoms with E-state index < -0.39 is 9.05 Å². The number of hydrogen-bond donors (Lipinski definition) is 0. The molecule has 6 nitrogen and oxygen atoms in total. The molecule has 0 spiro atoms. The van der Waals surface area contributed by atoms with Gasteiger partial charge in [0.05, 0.1) is 12.3 Å². The molecule has 1 aromatic rings. The van der Waals surface area contributed by atoms with E-state index in [0.717, 1.165) is 4.68 Å². The fraction of sp³-hybridized carbons (Fsp3) is 0.750. The van der Waals surface area contributed by atoms with Crippen LogP contribution in [0.1, 0.15) is 25.7 Å². The number of aryl methyl sites for hydroxylation is 2. The standard InChI is InChI=1S/C8H14ClN3O3S/c1-6(2)12-7(3)10-11(8(12)13)4-5-16(9,14)15/h6H,4-5H2,1-3H3. The first kappa shape index (κ1) is 13.2. The molecule has 0 unspecified atom stereocenters. The molecular weight excluding hydrogens is 254 g/mol. The Hall–Kier alpha value is -0.820. The molecule has 1 rings (SSSR count). The molecule has 0 saturated carbocycles. The Labute approximate surface area is 98.3 Å². The molecule has 0 radical (unpaired) electrons. The third-order valence-electron chi connectivity index (χ3n) is 2.10. The van der Waals surface area contributed by atoms with E-state index in [1.807, 2.05) is 13.8 Å². The normalized spacial score (nSPS) is 12.3. The highest BCUT2D eigenvalue weighted by molar-refractivity contribution is 8.13. The van der Waals surface area contributed by atoms with Crippen molar-refractivity contribution in [2.45, 2.75) is 33.4 Å². The molecule has 0 aromatic carbocycles. The fourth-order valence-electron chi connectivity index (χ4n) is 1.46. The third kappa shape index (κ3) is 3.08. The van der Waals surface area contributed by atoms with Crippen LogP contribution >= 0.6 is 10.7 Å². The number of hydrogen-bond acceptors (Lipinski definition) is 4. The molecule has 0 amide bonds. The van der Waals surface area contributed by atoms with Crippen molar-refractivity contribution in [3.63, 3.8) is 0 Å².